The first kappa shape index (κ1) is 21.7. The molecular weight excluding hydrogens is 404 g/mol. The normalized spacial score (nSPS) is 14.5. The van der Waals surface area contributed by atoms with Gasteiger partial charge < -0.3 is 5.32 Å². The zero-order valence-corrected chi connectivity index (χ0v) is 17.7. The highest BCUT2D eigenvalue weighted by Gasteiger charge is 2.34. The lowest BCUT2D eigenvalue weighted by molar-refractivity contribution is -0.122. The number of hydrogen-bond donors (Lipinski definition) is 1. The Morgan fingerprint density at radius 1 is 1.00 bits per heavy atom. The monoisotopic (exact) mass is 428 g/mol. The van der Waals surface area contributed by atoms with E-state index >= 15 is 0 Å². The number of nitrogens with zero attached hydrogens (tertiary/aromatic N) is 1. The summed E-state index contributed by atoms with van der Waals surface area (Å²) in [5.41, 5.74) is 1.62. The van der Waals surface area contributed by atoms with Crippen molar-refractivity contribution in [3.8, 4) is 0 Å². The lowest BCUT2D eigenvalue weighted by Gasteiger charge is -2.18. The largest absolute Gasteiger partial charge is 0.349 e. The fraction of sp³-hybridized carbons (Fsp3) is 0.318. The molecule has 2 aromatic rings. The number of carbonyl (C=O) groups is 3. The van der Waals surface area contributed by atoms with Crippen LogP contribution in [-0.2, 0) is 14.6 Å². The van der Waals surface area contributed by atoms with Gasteiger partial charge in [-0.2, -0.15) is 0 Å². The maximum absolute atomic E-state index is 12.4. The highest BCUT2D eigenvalue weighted by atomic mass is 32.2. The number of fused-ring (bicyclic) bond motifs is 1. The van der Waals surface area contributed by atoms with E-state index in [-0.39, 0.29) is 41.6 Å². The molecule has 158 valence electrons. The summed E-state index contributed by atoms with van der Waals surface area (Å²) >= 11 is 0. The van der Waals surface area contributed by atoms with Gasteiger partial charge in [0, 0.05) is 19.2 Å². The second kappa shape index (κ2) is 8.79. The molecule has 2 aromatic carbocycles. The fourth-order valence-corrected chi connectivity index (χ4v) is 4.11. The molecule has 30 heavy (non-hydrogen) atoms. The van der Waals surface area contributed by atoms with E-state index in [0.717, 1.165) is 11.8 Å². The topological polar surface area (TPSA) is 101 Å². The fourth-order valence-electron chi connectivity index (χ4n) is 3.47. The van der Waals surface area contributed by atoms with Crippen LogP contribution >= 0.6 is 0 Å². The minimum Gasteiger partial charge on any atom is -0.349 e. The van der Waals surface area contributed by atoms with E-state index in [1.807, 2.05) is 6.92 Å². The number of imide groups is 1. The Kier molecular flexibility index (Phi) is 6.36. The van der Waals surface area contributed by atoms with E-state index in [1.54, 1.807) is 36.4 Å². The molecule has 8 heteroatoms. The van der Waals surface area contributed by atoms with E-state index in [2.05, 4.69) is 5.32 Å². The van der Waals surface area contributed by atoms with Crippen molar-refractivity contribution in [3.05, 3.63) is 65.2 Å². The van der Waals surface area contributed by atoms with Crippen LogP contribution in [0.2, 0.25) is 0 Å². The lowest BCUT2D eigenvalue weighted by Crippen LogP contribution is -2.32. The molecule has 1 aliphatic rings. The first-order valence-corrected chi connectivity index (χ1v) is 11.7. The summed E-state index contributed by atoms with van der Waals surface area (Å²) in [5, 5.41) is 2.93. The number of rotatable bonds is 8. The van der Waals surface area contributed by atoms with Gasteiger partial charge >= 0.3 is 0 Å². The van der Waals surface area contributed by atoms with Crippen LogP contribution in [0, 0.1) is 0 Å². The third-order valence-electron chi connectivity index (χ3n) is 5.12. The molecule has 0 fully saturated rings. The van der Waals surface area contributed by atoms with Crippen LogP contribution in [0.4, 0.5) is 0 Å². The highest BCUT2D eigenvalue weighted by molar-refractivity contribution is 7.90. The van der Waals surface area contributed by atoms with Crippen LogP contribution in [-0.4, -0.2) is 43.8 Å². The van der Waals surface area contributed by atoms with Gasteiger partial charge in [0.2, 0.25) is 5.91 Å². The number of benzene rings is 2. The maximum Gasteiger partial charge on any atom is 0.261 e. The molecule has 0 spiro atoms. The summed E-state index contributed by atoms with van der Waals surface area (Å²) in [6.45, 7) is 2.10. The smallest absolute Gasteiger partial charge is 0.261 e. The second-order valence-corrected chi connectivity index (χ2v) is 9.30. The molecule has 1 heterocycles. The molecule has 0 radical (unpaired) electrons. The van der Waals surface area contributed by atoms with E-state index in [4.69, 9.17) is 0 Å². The summed E-state index contributed by atoms with van der Waals surface area (Å²) in [6.07, 6.45) is 2.32. The predicted molar refractivity (Wildman–Crippen MR) is 112 cm³/mol. The van der Waals surface area contributed by atoms with Gasteiger partial charge in [0.15, 0.2) is 9.84 Å². The zero-order chi connectivity index (χ0) is 21.9. The molecule has 1 N–H and O–H groups in total. The number of nitrogens with one attached hydrogen (secondary N) is 1. The van der Waals surface area contributed by atoms with Gasteiger partial charge in [0.25, 0.3) is 11.8 Å². The third kappa shape index (κ3) is 4.59. The molecule has 3 amide bonds. The number of hydrogen-bond acceptors (Lipinski definition) is 5. The Labute approximate surface area is 176 Å². The van der Waals surface area contributed by atoms with Crippen molar-refractivity contribution in [2.24, 2.45) is 0 Å². The van der Waals surface area contributed by atoms with Crippen LogP contribution in [0.5, 0.6) is 0 Å². The summed E-state index contributed by atoms with van der Waals surface area (Å²) in [4.78, 5) is 38.5. The van der Waals surface area contributed by atoms with Gasteiger partial charge in [0.1, 0.15) is 0 Å². The molecule has 0 saturated carbocycles. The van der Waals surface area contributed by atoms with Crippen LogP contribution in [0.1, 0.15) is 58.5 Å². The standard InChI is InChI=1S/C22H24N2O5S/c1-3-19(15-10-12-16(13-11-15)30(2,28)29)23-20(25)9-6-14-24-21(26)17-7-4-5-8-18(17)22(24)27/h4-5,7-8,10-13,19H,3,6,9,14H2,1-2H3,(H,23,25). The molecular formula is C22H24N2O5S. The van der Waals surface area contributed by atoms with Gasteiger partial charge in [-0.05, 0) is 42.7 Å². The Morgan fingerprint density at radius 3 is 2.07 bits per heavy atom. The Balaban J connectivity index is 1.54. The highest BCUT2D eigenvalue weighted by Crippen LogP contribution is 2.23. The van der Waals surface area contributed by atoms with Crippen LogP contribution in [0.3, 0.4) is 0 Å². The van der Waals surface area contributed by atoms with Gasteiger partial charge in [0.05, 0.1) is 22.1 Å². The van der Waals surface area contributed by atoms with Crippen LogP contribution < -0.4 is 5.32 Å². The van der Waals surface area contributed by atoms with Crippen LogP contribution in [0.25, 0.3) is 0 Å². The van der Waals surface area contributed by atoms with Gasteiger partial charge in [-0.25, -0.2) is 8.42 Å². The molecule has 0 aromatic heterocycles. The molecule has 7 nitrogen and oxygen atoms in total. The first-order chi connectivity index (χ1) is 14.2. The van der Waals surface area contributed by atoms with Gasteiger partial charge in [-0.1, -0.05) is 31.2 Å². The molecule has 0 aliphatic carbocycles. The van der Waals surface area contributed by atoms with E-state index in [0.29, 0.717) is 24.0 Å². The number of carbonyl (C=O) groups excluding carboxylic acids is 3. The Bertz CT molecular complexity index is 1040. The average molecular weight is 429 g/mol. The number of sulfone groups is 1. The van der Waals surface area contributed by atoms with Crippen molar-refractivity contribution in [1.82, 2.24) is 10.2 Å². The van der Waals surface area contributed by atoms with E-state index in [9.17, 15) is 22.8 Å². The average Bonchev–Trinajstić information content (AvgIpc) is 2.96. The predicted octanol–water partition coefficient (Wildman–Crippen LogP) is 2.73. The van der Waals surface area contributed by atoms with Crippen molar-refractivity contribution in [2.45, 2.75) is 37.1 Å². The van der Waals surface area contributed by atoms with Crippen molar-refractivity contribution in [3.63, 3.8) is 0 Å². The Hall–Kier alpha value is -3.00. The lowest BCUT2D eigenvalue weighted by atomic mass is 10.0. The number of amides is 3. The second-order valence-electron chi connectivity index (χ2n) is 7.28. The van der Waals surface area contributed by atoms with Gasteiger partial charge in [-0.15, -0.1) is 0 Å². The molecule has 0 saturated heterocycles. The molecule has 1 aliphatic heterocycles. The summed E-state index contributed by atoms with van der Waals surface area (Å²) in [5.74, 6) is -0.840. The van der Waals surface area contributed by atoms with Crippen molar-refractivity contribution in [2.75, 3.05) is 12.8 Å². The molecule has 0 bridgehead atoms. The van der Waals surface area contributed by atoms with Crippen molar-refractivity contribution in [1.29, 1.82) is 0 Å². The zero-order valence-electron chi connectivity index (χ0n) is 16.9. The Morgan fingerprint density at radius 2 is 1.57 bits per heavy atom. The van der Waals surface area contributed by atoms with Crippen molar-refractivity contribution < 1.29 is 22.8 Å². The molecule has 1 unspecified atom stereocenters. The molecule has 1 atom stereocenters. The molecule has 3 rings (SSSR count). The summed E-state index contributed by atoms with van der Waals surface area (Å²) in [6, 6.07) is 12.9. The quantitative estimate of drug-likeness (QED) is 0.652. The minimum atomic E-state index is -3.27. The maximum atomic E-state index is 12.4. The van der Waals surface area contributed by atoms with E-state index < -0.39 is 9.84 Å². The third-order valence-corrected chi connectivity index (χ3v) is 6.25. The minimum absolute atomic E-state index is 0.172. The van der Waals surface area contributed by atoms with E-state index in [1.165, 1.54) is 17.0 Å². The van der Waals surface area contributed by atoms with Crippen molar-refractivity contribution >= 4 is 27.6 Å². The van der Waals surface area contributed by atoms with Crippen LogP contribution in [0.15, 0.2) is 53.4 Å². The summed E-state index contributed by atoms with van der Waals surface area (Å²) < 4.78 is 23.2. The summed E-state index contributed by atoms with van der Waals surface area (Å²) in [7, 11) is -3.27. The first-order valence-electron chi connectivity index (χ1n) is 9.77. The SMILES string of the molecule is CCC(NC(=O)CCCN1C(=O)c2ccccc2C1=O)c1ccc(S(C)(=O)=O)cc1. The van der Waals surface area contributed by atoms with Gasteiger partial charge in [-0.3, -0.25) is 19.3 Å².